The maximum absolute atomic E-state index is 12.6. The molecule has 0 amide bonds. The Kier molecular flexibility index (Phi) is 7.33. The third-order valence-corrected chi connectivity index (χ3v) is 6.36. The van der Waals surface area contributed by atoms with E-state index in [4.69, 9.17) is 15.2 Å². The zero-order valence-corrected chi connectivity index (χ0v) is 18.5. The second-order valence-corrected chi connectivity index (χ2v) is 8.78. The third kappa shape index (κ3) is 5.84. The first-order chi connectivity index (χ1) is 15.7. The van der Waals surface area contributed by atoms with Gasteiger partial charge in [0.1, 0.15) is 24.7 Å². The summed E-state index contributed by atoms with van der Waals surface area (Å²) in [7, 11) is -1.19. The van der Waals surface area contributed by atoms with Gasteiger partial charge in [0.2, 0.25) is 0 Å². The molecule has 0 bridgehead atoms. The number of benzene rings is 4. The van der Waals surface area contributed by atoms with Crippen molar-refractivity contribution in [2.24, 2.45) is 5.73 Å². The van der Waals surface area contributed by atoms with Gasteiger partial charge in [0.25, 0.3) is 0 Å². The topological polar surface area (TPSA) is 61.6 Å². The molecule has 4 aromatic rings. The van der Waals surface area contributed by atoms with Gasteiger partial charge >= 0.3 is 0 Å². The van der Waals surface area contributed by atoms with Crippen LogP contribution in [0.4, 0.5) is 0 Å². The van der Waals surface area contributed by atoms with E-state index in [9.17, 15) is 4.21 Å². The van der Waals surface area contributed by atoms with Gasteiger partial charge in [0.15, 0.2) is 0 Å². The summed E-state index contributed by atoms with van der Waals surface area (Å²) in [5.74, 6) is 1.55. The quantitative estimate of drug-likeness (QED) is 0.373. The molecular weight excluding hydrogens is 418 g/mol. The molecule has 1 unspecified atom stereocenters. The zero-order valence-electron chi connectivity index (χ0n) is 17.6. The first kappa shape index (κ1) is 21.8. The van der Waals surface area contributed by atoms with Gasteiger partial charge in [0.05, 0.1) is 10.8 Å². The van der Waals surface area contributed by atoms with E-state index in [-0.39, 0.29) is 0 Å². The van der Waals surface area contributed by atoms with Crippen LogP contribution in [0.3, 0.4) is 0 Å². The lowest BCUT2D eigenvalue weighted by Crippen LogP contribution is -2.00. The smallest absolute Gasteiger partial charge is 0.119 e. The lowest BCUT2D eigenvalue weighted by atomic mass is 10.1. The van der Waals surface area contributed by atoms with Crippen LogP contribution in [-0.2, 0) is 30.6 Å². The van der Waals surface area contributed by atoms with Gasteiger partial charge in [0, 0.05) is 16.3 Å². The number of hydrogen-bond donors (Lipinski definition) is 1. The van der Waals surface area contributed by atoms with Crippen LogP contribution in [0, 0.1) is 0 Å². The lowest BCUT2D eigenvalue weighted by Gasteiger charge is -2.10. The summed E-state index contributed by atoms with van der Waals surface area (Å²) >= 11 is 0. The van der Waals surface area contributed by atoms with Crippen LogP contribution in [0.2, 0.25) is 0 Å². The van der Waals surface area contributed by atoms with Crippen LogP contribution in [0.25, 0.3) is 0 Å². The van der Waals surface area contributed by atoms with Gasteiger partial charge in [-0.3, -0.25) is 0 Å². The summed E-state index contributed by atoms with van der Waals surface area (Å²) < 4.78 is 24.4. The minimum absolute atomic E-state index is 0.445. The molecule has 4 rings (SSSR count). The summed E-state index contributed by atoms with van der Waals surface area (Å²) in [4.78, 5) is 1.54. The Labute approximate surface area is 191 Å². The standard InChI is InChI=1S/C27H25NO3S/c28-18-21-9-11-24(12-10-21)30-19-22-5-4-6-23(17-22)20-31-25-13-15-27(16-14-25)32(29)26-7-2-1-3-8-26/h1-17H,18-20,28H2. The molecule has 0 aliphatic heterocycles. The predicted molar refractivity (Wildman–Crippen MR) is 127 cm³/mol. The van der Waals surface area contributed by atoms with Gasteiger partial charge in [-0.2, -0.15) is 0 Å². The van der Waals surface area contributed by atoms with Crippen LogP contribution >= 0.6 is 0 Å². The zero-order chi connectivity index (χ0) is 22.2. The van der Waals surface area contributed by atoms with Crippen molar-refractivity contribution in [3.05, 3.63) is 120 Å². The summed E-state index contributed by atoms with van der Waals surface area (Å²) in [5, 5.41) is 0. The van der Waals surface area contributed by atoms with Gasteiger partial charge in [-0.25, -0.2) is 4.21 Å². The number of rotatable bonds is 9. The van der Waals surface area contributed by atoms with E-state index in [1.54, 1.807) is 0 Å². The fraction of sp³-hybridized carbons (Fsp3) is 0.111. The average Bonchev–Trinajstić information content (AvgIpc) is 2.87. The molecule has 0 fully saturated rings. The SMILES string of the molecule is NCc1ccc(OCc2cccc(COc3ccc(S(=O)c4ccccc4)cc3)c2)cc1. The van der Waals surface area contributed by atoms with Gasteiger partial charge in [-0.1, -0.05) is 48.5 Å². The van der Waals surface area contributed by atoms with Crippen LogP contribution in [0.1, 0.15) is 16.7 Å². The van der Waals surface area contributed by atoms with Gasteiger partial charge in [-0.05, 0) is 71.3 Å². The van der Waals surface area contributed by atoms with E-state index < -0.39 is 10.8 Å². The third-order valence-electron chi connectivity index (χ3n) is 4.96. The molecule has 0 aliphatic carbocycles. The molecule has 5 heteroatoms. The fourth-order valence-electron chi connectivity index (χ4n) is 3.20. The highest BCUT2D eigenvalue weighted by atomic mass is 32.2. The number of nitrogens with two attached hydrogens (primary N) is 1. The molecule has 0 aromatic heterocycles. The number of hydrogen-bond acceptors (Lipinski definition) is 4. The molecule has 0 saturated carbocycles. The summed E-state index contributed by atoms with van der Waals surface area (Å²) in [6.07, 6.45) is 0. The largest absolute Gasteiger partial charge is 0.489 e. The molecule has 0 heterocycles. The molecule has 2 N–H and O–H groups in total. The molecule has 0 saturated heterocycles. The van der Waals surface area contributed by atoms with Crippen molar-refractivity contribution in [2.45, 2.75) is 29.5 Å². The molecule has 4 aromatic carbocycles. The fourth-order valence-corrected chi connectivity index (χ4v) is 4.26. The minimum Gasteiger partial charge on any atom is -0.489 e. The molecule has 162 valence electrons. The van der Waals surface area contributed by atoms with Crippen LogP contribution in [0.5, 0.6) is 11.5 Å². The predicted octanol–water partition coefficient (Wildman–Crippen LogP) is 5.47. The summed E-state index contributed by atoms with van der Waals surface area (Å²) in [5.41, 5.74) is 8.84. The Morgan fingerprint density at radius 3 is 1.69 bits per heavy atom. The van der Waals surface area contributed by atoms with Crippen LogP contribution < -0.4 is 15.2 Å². The van der Waals surface area contributed by atoms with Crippen molar-refractivity contribution in [1.29, 1.82) is 0 Å². The minimum atomic E-state index is -1.19. The molecule has 32 heavy (non-hydrogen) atoms. The normalized spacial score (nSPS) is 11.7. The van der Waals surface area contributed by atoms with E-state index in [0.29, 0.717) is 19.8 Å². The van der Waals surface area contributed by atoms with Crippen LogP contribution in [0.15, 0.2) is 113 Å². The van der Waals surface area contributed by atoms with Crippen LogP contribution in [-0.4, -0.2) is 4.21 Å². The Balaban J connectivity index is 1.32. The van der Waals surface area contributed by atoms with Crippen molar-refractivity contribution in [3.63, 3.8) is 0 Å². The van der Waals surface area contributed by atoms with Crippen molar-refractivity contribution >= 4 is 10.8 Å². The van der Waals surface area contributed by atoms with Crippen molar-refractivity contribution in [3.8, 4) is 11.5 Å². The lowest BCUT2D eigenvalue weighted by molar-refractivity contribution is 0.299. The molecule has 1 atom stereocenters. The number of ether oxygens (including phenoxy) is 2. The Bertz CT molecular complexity index is 1160. The maximum atomic E-state index is 12.6. The first-order valence-electron chi connectivity index (χ1n) is 10.4. The Morgan fingerprint density at radius 2 is 1.12 bits per heavy atom. The molecular formula is C27H25NO3S. The van der Waals surface area contributed by atoms with Crippen molar-refractivity contribution < 1.29 is 13.7 Å². The molecule has 0 aliphatic rings. The van der Waals surface area contributed by atoms with Gasteiger partial charge < -0.3 is 15.2 Å². The molecule has 4 nitrogen and oxygen atoms in total. The Hall–Kier alpha value is -3.41. The second-order valence-electron chi connectivity index (χ2n) is 7.30. The van der Waals surface area contributed by atoms with Crippen molar-refractivity contribution in [1.82, 2.24) is 0 Å². The summed E-state index contributed by atoms with van der Waals surface area (Å²) in [6, 6.07) is 32.8. The van der Waals surface area contributed by atoms with E-state index >= 15 is 0 Å². The monoisotopic (exact) mass is 443 g/mol. The van der Waals surface area contributed by atoms with Crippen molar-refractivity contribution in [2.75, 3.05) is 0 Å². The van der Waals surface area contributed by atoms with E-state index in [0.717, 1.165) is 38.0 Å². The highest BCUT2D eigenvalue weighted by molar-refractivity contribution is 7.85. The first-order valence-corrected chi connectivity index (χ1v) is 11.6. The molecule has 0 radical (unpaired) electrons. The average molecular weight is 444 g/mol. The second kappa shape index (κ2) is 10.8. The Morgan fingerprint density at radius 1 is 0.594 bits per heavy atom. The maximum Gasteiger partial charge on any atom is 0.119 e. The van der Waals surface area contributed by atoms with E-state index in [1.165, 1.54) is 0 Å². The van der Waals surface area contributed by atoms with E-state index in [2.05, 4.69) is 6.07 Å². The molecule has 0 spiro atoms. The highest BCUT2D eigenvalue weighted by Gasteiger charge is 2.07. The van der Waals surface area contributed by atoms with Gasteiger partial charge in [-0.15, -0.1) is 0 Å². The summed E-state index contributed by atoms with van der Waals surface area (Å²) in [6.45, 7) is 1.45. The van der Waals surface area contributed by atoms with E-state index in [1.807, 2.05) is 97.1 Å². The highest BCUT2D eigenvalue weighted by Crippen LogP contribution is 2.21.